The molecular weight excluding hydrogens is 448 g/mol. The molecule has 0 bridgehead atoms. The van der Waals surface area contributed by atoms with Crippen molar-refractivity contribution in [2.45, 2.75) is 20.4 Å². The van der Waals surface area contributed by atoms with Gasteiger partial charge >= 0.3 is 5.69 Å². The quantitative estimate of drug-likeness (QED) is 0.407. The molecule has 0 fully saturated rings. The molecule has 35 heavy (non-hydrogen) atoms. The molecule has 5 aromatic rings. The number of ether oxygens (including phenoxy) is 2. The van der Waals surface area contributed by atoms with E-state index in [1.165, 1.54) is 18.6 Å². The van der Waals surface area contributed by atoms with Gasteiger partial charge in [0, 0.05) is 24.0 Å². The van der Waals surface area contributed by atoms with E-state index in [-0.39, 0.29) is 6.54 Å². The van der Waals surface area contributed by atoms with E-state index in [4.69, 9.17) is 9.47 Å². The van der Waals surface area contributed by atoms with Crippen LogP contribution in [0.15, 0.2) is 59.7 Å². The molecule has 0 spiro atoms. The van der Waals surface area contributed by atoms with E-state index in [0.29, 0.717) is 28.4 Å². The average molecular weight is 473 g/mol. The zero-order valence-electron chi connectivity index (χ0n) is 19.8. The van der Waals surface area contributed by atoms with Crippen LogP contribution >= 0.6 is 0 Å². The molecule has 0 saturated heterocycles. The van der Waals surface area contributed by atoms with E-state index >= 15 is 0 Å². The van der Waals surface area contributed by atoms with Crippen molar-refractivity contribution in [3.63, 3.8) is 0 Å². The van der Waals surface area contributed by atoms with Gasteiger partial charge < -0.3 is 14.8 Å². The van der Waals surface area contributed by atoms with E-state index < -0.39 is 11.6 Å². The van der Waals surface area contributed by atoms with Gasteiger partial charge in [0.15, 0.2) is 5.65 Å². The highest BCUT2D eigenvalue weighted by Gasteiger charge is 2.17. The maximum atomic E-state index is 13.0. The number of carbonyl (C=O) groups is 1. The Labute approximate surface area is 200 Å². The van der Waals surface area contributed by atoms with Crippen LogP contribution in [0, 0.1) is 13.8 Å². The first-order valence-corrected chi connectivity index (χ1v) is 10.9. The molecule has 178 valence electrons. The Bertz CT molecular complexity index is 1650. The summed E-state index contributed by atoms with van der Waals surface area (Å²) in [5, 5.41) is 11.9. The Balaban J connectivity index is 1.49. The molecule has 0 aliphatic heterocycles. The zero-order valence-corrected chi connectivity index (χ0v) is 19.8. The largest absolute Gasteiger partial charge is 0.497 e. The fourth-order valence-electron chi connectivity index (χ4n) is 4.02. The normalized spacial score (nSPS) is 11.2. The predicted octanol–water partition coefficient (Wildman–Crippen LogP) is 3.08. The molecule has 10 heteroatoms. The summed E-state index contributed by atoms with van der Waals surface area (Å²) in [6, 6.07) is 13.2. The molecule has 0 radical (unpaired) electrons. The number of rotatable bonds is 6. The smallest absolute Gasteiger partial charge is 0.350 e. The summed E-state index contributed by atoms with van der Waals surface area (Å²) in [4.78, 5) is 25.7. The van der Waals surface area contributed by atoms with Crippen LogP contribution in [0.1, 0.15) is 11.1 Å². The third-order valence-corrected chi connectivity index (χ3v) is 5.84. The third kappa shape index (κ3) is 3.99. The number of carbonyl (C=O) groups excluding carboxylic acids is 1. The Morgan fingerprint density at radius 1 is 1.00 bits per heavy atom. The van der Waals surface area contributed by atoms with E-state index in [1.807, 2.05) is 19.9 Å². The van der Waals surface area contributed by atoms with Crippen LogP contribution in [0.2, 0.25) is 0 Å². The first-order valence-electron chi connectivity index (χ1n) is 10.9. The van der Waals surface area contributed by atoms with Gasteiger partial charge in [-0.05, 0) is 43.7 Å². The SMILES string of the molecule is COc1ccc(OC)c(NC(=O)Cn2nc3c4cc(-c5cc(C)ccc5C)nn4ccn3c2=O)c1. The number of nitrogens with one attached hydrogen (secondary N) is 1. The summed E-state index contributed by atoms with van der Waals surface area (Å²) in [6.45, 7) is 3.79. The van der Waals surface area contributed by atoms with Gasteiger partial charge in [-0.1, -0.05) is 17.7 Å². The molecule has 0 aliphatic rings. The highest BCUT2D eigenvalue weighted by molar-refractivity contribution is 5.92. The number of amides is 1. The van der Waals surface area contributed by atoms with Crippen LogP contribution in [0.4, 0.5) is 5.69 Å². The minimum absolute atomic E-state index is 0.273. The molecule has 0 atom stereocenters. The number of aromatic nitrogens is 5. The van der Waals surface area contributed by atoms with Crippen LogP contribution in [-0.4, -0.2) is 43.9 Å². The van der Waals surface area contributed by atoms with Gasteiger partial charge in [0.2, 0.25) is 5.91 Å². The van der Waals surface area contributed by atoms with Gasteiger partial charge in [-0.3, -0.25) is 4.79 Å². The van der Waals surface area contributed by atoms with Crippen molar-refractivity contribution in [2.75, 3.05) is 19.5 Å². The highest BCUT2D eigenvalue weighted by Crippen LogP contribution is 2.29. The summed E-state index contributed by atoms with van der Waals surface area (Å²) in [5.41, 5.74) is 5.11. The third-order valence-electron chi connectivity index (χ3n) is 5.84. The first kappa shape index (κ1) is 22.2. The monoisotopic (exact) mass is 472 g/mol. The molecular formula is C25H24N6O4. The second kappa shape index (κ2) is 8.64. The van der Waals surface area contributed by atoms with Crippen LogP contribution in [0.5, 0.6) is 11.5 Å². The number of anilines is 1. The first-order chi connectivity index (χ1) is 16.9. The minimum Gasteiger partial charge on any atom is -0.497 e. The maximum Gasteiger partial charge on any atom is 0.350 e. The van der Waals surface area contributed by atoms with E-state index in [2.05, 4.69) is 33.7 Å². The second-order valence-corrected chi connectivity index (χ2v) is 8.22. The Hall–Kier alpha value is -4.60. The lowest BCUT2D eigenvalue weighted by molar-refractivity contribution is -0.117. The molecule has 2 aromatic carbocycles. The van der Waals surface area contributed by atoms with Crippen LogP contribution in [0.3, 0.4) is 0 Å². The van der Waals surface area contributed by atoms with Gasteiger partial charge in [0.25, 0.3) is 0 Å². The number of benzene rings is 2. The lowest BCUT2D eigenvalue weighted by atomic mass is 10.0. The van der Waals surface area contributed by atoms with Gasteiger partial charge in [-0.25, -0.2) is 18.4 Å². The van der Waals surface area contributed by atoms with Crippen LogP contribution in [-0.2, 0) is 11.3 Å². The number of nitrogens with zero attached hydrogens (tertiary/aromatic N) is 5. The standard InChI is InChI=1S/C25H24N6O4/c1-15-5-6-16(2)18(11-15)19-13-21-24-28-31(25(33)29(24)9-10-30(21)27-19)14-23(32)26-20-12-17(34-3)7-8-22(20)35-4/h5-13H,14H2,1-4H3,(H,26,32). The van der Waals surface area contributed by atoms with Crippen molar-refractivity contribution < 1.29 is 14.3 Å². The molecule has 3 heterocycles. The van der Waals surface area contributed by atoms with Gasteiger partial charge in [0.05, 0.1) is 25.6 Å². The van der Waals surface area contributed by atoms with Crippen molar-refractivity contribution in [1.82, 2.24) is 23.8 Å². The number of hydrogen-bond acceptors (Lipinski definition) is 6. The summed E-state index contributed by atoms with van der Waals surface area (Å²) >= 11 is 0. The van der Waals surface area contributed by atoms with E-state index in [0.717, 1.165) is 27.1 Å². The number of methoxy groups -OCH3 is 2. The lowest BCUT2D eigenvalue weighted by Gasteiger charge is -2.11. The molecule has 5 rings (SSSR count). The zero-order chi connectivity index (χ0) is 24.7. The van der Waals surface area contributed by atoms with Crippen molar-refractivity contribution in [3.05, 3.63) is 76.5 Å². The average Bonchev–Trinajstić information content (AvgIpc) is 3.42. The highest BCUT2D eigenvalue weighted by atomic mass is 16.5. The fourth-order valence-corrected chi connectivity index (χ4v) is 4.02. The summed E-state index contributed by atoms with van der Waals surface area (Å²) in [7, 11) is 3.04. The van der Waals surface area contributed by atoms with E-state index in [1.54, 1.807) is 35.1 Å². The molecule has 0 aliphatic carbocycles. The van der Waals surface area contributed by atoms with Gasteiger partial charge in [-0.2, -0.15) is 5.10 Å². The topological polar surface area (TPSA) is 104 Å². The van der Waals surface area contributed by atoms with Gasteiger partial charge in [-0.15, -0.1) is 5.10 Å². The van der Waals surface area contributed by atoms with E-state index in [9.17, 15) is 9.59 Å². The van der Waals surface area contributed by atoms with Crippen molar-refractivity contribution in [1.29, 1.82) is 0 Å². The van der Waals surface area contributed by atoms with Crippen molar-refractivity contribution in [3.8, 4) is 22.8 Å². The Morgan fingerprint density at radius 2 is 1.83 bits per heavy atom. The molecule has 0 saturated carbocycles. The summed E-state index contributed by atoms with van der Waals surface area (Å²) in [6.07, 6.45) is 3.29. The second-order valence-electron chi connectivity index (χ2n) is 8.22. The summed E-state index contributed by atoms with van der Waals surface area (Å²) < 4.78 is 14.7. The number of aryl methyl sites for hydroxylation is 2. The van der Waals surface area contributed by atoms with Crippen LogP contribution < -0.4 is 20.5 Å². The maximum absolute atomic E-state index is 13.0. The molecule has 3 aromatic heterocycles. The number of fused-ring (bicyclic) bond motifs is 3. The fraction of sp³-hybridized carbons (Fsp3) is 0.200. The molecule has 0 unspecified atom stereocenters. The predicted molar refractivity (Wildman–Crippen MR) is 131 cm³/mol. The molecule has 1 N–H and O–H groups in total. The summed E-state index contributed by atoms with van der Waals surface area (Å²) in [5.74, 6) is 0.609. The Morgan fingerprint density at radius 3 is 2.60 bits per heavy atom. The van der Waals surface area contributed by atoms with Crippen molar-refractivity contribution in [2.24, 2.45) is 0 Å². The lowest BCUT2D eigenvalue weighted by Crippen LogP contribution is -2.28. The van der Waals surface area contributed by atoms with Gasteiger partial charge in [0.1, 0.15) is 23.6 Å². The molecule has 10 nitrogen and oxygen atoms in total. The Kier molecular flexibility index (Phi) is 5.48. The van der Waals surface area contributed by atoms with Crippen molar-refractivity contribution >= 4 is 22.8 Å². The number of hydrogen-bond donors (Lipinski definition) is 1. The van der Waals surface area contributed by atoms with Crippen LogP contribution in [0.25, 0.3) is 22.4 Å². The minimum atomic E-state index is -0.428. The molecule has 1 amide bonds.